The van der Waals surface area contributed by atoms with Gasteiger partial charge in [-0.25, -0.2) is 14.6 Å². The summed E-state index contributed by atoms with van der Waals surface area (Å²) in [5.41, 5.74) is -0.447. The summed E-state index contributed by atoms with van der Waals surface area (Å²) in [6.45, 7) is 2.82. The second-order valence-corrected chi connectivity index (χ2v) is 3.68. The minimum atomic E-state index is -1.42. The molecule has 1 amide bonds. The van der Waals surface area contributed by atoms with Gasteiger partial charge in [0.2, 0.25) is 5.91 Å². The summed E-state index contributed by atoms with van der Waals surface area (Å²) < 4.78 is 0. The van der Waals surface area contributed by atoms with Crippen LogP contribution in [0.1, 0.15) is 33.5 Å². The van der Waals surface area contributed by atoms with Crippen LogP contribution in [-0.2, 0) is 4.79 Å². The van der Waals surface area contributed by atoms with Crippen molar-refractivity contribution in [2.24, 2.45) is 0 Å². The second-order valence-electron chi connectivity index (χ2n) is 3.68. The third-order valence-corrected chi connectivity index (χ3v) is 2.45. The highest BCUT2D eigenvalue weighted by molar-refractivity contribution is 6.02. The van der Waals surface area contributed by atoms with E-state index in [1.807, 2.05) is 0 Å². The first-order valence-corrected chi connectivity index (χ1v) is 4.98. The van der Waals surface area contributed by atoms with Crippen molar-refractivity contribution in [3.63, 3.8) is 0 Å². The largest absolute Gasteiger partial charge is 0.478 e. The smallest absolute Gasteiger partial charge is 0.355 e. The van der Waals surface area contributed by atoms with Crippen molar-refractivity contribution in [1.82, 2.24) is 4.98 Å². The second kappa shape index (κ2) is 4.82. The molecule has 0 saturated carbocycles. The maximum Gasteiger partial charge on any atom is 0.355 e. The van der Waals surface area contributed by atoms with Gasteiger partial charge < -0.3 is 15.1 Å². The lowest BCUT2D eigenvalue weighted by atomic mass is 10.1. The maximum atomic E-state index is 11.2. The van der Waals surface area contributed by atoms with Crippen molar-refractivity contribution in [3.8, 4) is 0 Å². The number of carboxylic acids is 2. The molecule has 0 aliphatic rings. The Kier molecular flexibility index (Phi) is 3.65. The molecule has 2 N–H and O–H groups in total. The van der Waals surface area contributed by atoms with E-state index in [-0.39, 0.29) is 17.3 Å². The van der Waals surface area contributed by atoms with E-state index in [4.69, 9.17) is 10.2 Å². The first-order valence-electron chi connectivity index (χ1n) is 4.98. The average Bonchev–Trinajstić information content (AvgIpc) is 2.26. The van der Waals surface area contributed by atoms with E-state index in [1.54, 1.807) is 0 Å². The van der Waals surface area contributed by atoms with Crippen LogP contribution in [0.5, 0.6) is 0 Å². The quantitative estimate of drug-likeness (QED) is 0.822. The number of aryl methyl sites for hydroxylation is 1. The Morgan fingerprint density at radius 1 is 1.22 bits per heavy atom. The molecule has 1 aromatic heterocycles. The number of carbonyl (C=O) groups is 3. The number of hydrogen-bond acceptors (Lipinski definition) is 4. The summed E-state index contributed by atoms with van der Waals surface area (Å²) >= 11 is 0. The van der Waals surface area contributed by atoms with Gasteiger partial charge in [0, 0.05) is 14.0 Å². The molecule has 1 aromatic rings. The van der Waals surface area contributed by atoms with E-state index in [0.717, 1.165) is 6.07 Å². The van der Waals surface area contributed by atoms with E-state index in [9.17, 15) is 14.4 Å². The van der Waals surface area contributed by atoms with Crippen LogP contribution in [0.25, 0.3) is 0 Å². The van der Waals surface area contributed by atoms with Crippen molar-refractivity contribution in [3.05, 3.63) is 23.0 Å². The number of aromatic carboxylic acids is 2. The summed E-state index contributed by atoms with van der Waals surface area (Å²) in [6, 6.07) is 1.13. The Morgan fingerprint density at radius 3 is 2.17 bits per heavy atom. The number of amides is 1. The van der Waals surface area contributed by atoms with E-state index in [2.05, 4.69) is 4.98 Å². The van der Waals surface area contributed by atoms with Gasteiger partial charge >= 0.3 is 11.9 Å². The topological polar surface area (TPSA) is 108 Å². The third-order valence-electron chi connectivity index (χ3n) is 2.45. The predicted molar refractivity (Wildman–Crippen MR) is 62.0 cm³/mol. The number of aromatic nitrogens is 1. The van der Waals surface area contributed by atoms with Gasteiger partial charge in [0.25, 0.3) is 0 Å². The molecule has 1 rings (SSSR count). The molecule has 1 heterocycles. The fourth-order valence-corrected chi connectivity index (χ4v) is 1.43. The van der Waals surface area contributed by atoms with Crippen molar-refractivity contribution < 1.29 is 24.6 Å². The summed E-state index contributed by atoms with van der Waals surface area (Å²) in [6.07, 6.45) is 0. The Hall–Kier alpha value is -2.44. The molecule has 0 unspecified atom stereocenters. The van der Waals surface area contributed by atoms with Crippen molar-refractivity contribution in [2.45, 2.75) is 13.8 Å². The zero-order chi connectivity index (χ0) is 14.0. The first kappa shape index (κ1) is 13.6. The number of carbonyl (C=O) groups excluding carboxylic acids is 1. The number of carboxylic acid groups (broad SMARTS) is 2. The minimum absolute atomic E-state index is 0.268. The molecule has 0 fully saturated rings. The van der Waals surface area contributed by atoms with Crippen LogP contribution < -0.4 is 4.90 Å². The third kappa shape index (κ3) is 2.45. The number of anilines is 1. The standard InChI is InChI=1S/C11H12N2O5/c1-5-8(13(3)6(2)14)4-7(10(15)16)9(12-5)11(17)18/h4H,1-3H3,(H,15,16)(H,17,18). The van der Waals surface area contributed by atoms with Gasteiger partial charge in [-0.05, 0) is 13.0 Å². The predicted octanol–water partition coefficient (Wildman–Crippen LogP) is 0.769. The minimum Gasteiger partial charge on any atom is -0.478 e. The molecule has 18 heavy (non-hydrogen) atoms. The number of nitrogens with zero attached hydrogens (tertiary/aromatic N) is 2. The molecule has 0 bridgehead atoms. The molecule has 0 aromatic carbocycles. The van der Waals surface area contributed by atoms with Gasteiger partial charge in [-0.1, -0.05) is 0 Å². The molecule has 96 valence electrons. The maximum absolute atomic E-state index is 11.2. The van der Waals surface area contributed by atoms with Crippen LogP contribution in [0.3, 0.4) is 0 Å². The number of pyridine rings is 1. The zero-order valence-electron chi connectivity index (χ0n) is 10.1. The molecule has 0 atom stereocenters. The number of rotatable bonds is 3. The SMILES string of the molecule is CC(=O)N(C)c1cc(C(=O)O)c(C(=O)O)nc1C. The Bertz CT molecular complexity index is 538. The van der Waals surface area contributed by atoms with Crippen LogP contribution in [0, 0.1) is 6.92 Å². The first-order chi connectivity index (χ1) is 8.25. The van der Waals surface area contributed by atoms with Crippen molar-refractivity contribution in [2.75, 3.05) is 11.9 Å². The summed E-state index contributed by atoms with van der Waals surface area (Å²) in [4.78, 5) is 38.0. The highest BCUT2D eigenvalue weighted by Gasteiger charge is 2.22. The molecule has 7 nitrogen and oxygen atoms in total. The lowest BCUT2D eigenvalue weighted by Crippen LogP contribution is -2.25. The molecule has 0 aliphatic carbocycles. The molecule has 7 heteroatoms. The molecule has 0 aliphatic heterocycles. The Morgan fingerprint density at radius 2 is 1.78 bits per heavy atom. The Balaban J connectivity index is 3.50. The average molecular weight is 252 g/mol. The zero-order valence-corrected chi connectivity index (χ0v) is 10.1. The normalized spacial score (nSPS) is 9.94. The fraction of sp³-hybridized carbons (Fsp3) is 0.273. The number of hydrogen-bond donors (Lipinski definition) is 2. The fourth-order valence-electron chi connectivity index (χ4n) is 1.43. The van der Waals surface area contributed by atoms with Crippen molar-refractivity contribution >= 4 is 23.5 Å². The van der Waals surface area contributed by atoms with Gasteiger partial charge in [-0.2, -0.15) is 0 Å². The van der Waals surface area contributed by atoms with Gasteiger partial charge in [-0.15, -0.1) is 0 Å². The molecule has 0 saturated heterocycles. The summed E-state index contributed by atoms with van der Waals surface area (Å²) in [5, 5.41) is 17.8. The highest BCUT2D eigenvalue weighted by atomic mass is 16.4. The molecule has 0 radical (unpaired) electrons. The van der Waals surface area contributed by atoms with E-state index in [0.29, 0.717) is 0 Å². The lowest BCUT2D eigenvalue weighted by Gasteiger charge is -2.18. The van der Waals surface area contributed by atoms with E-state index >= 15 is 0 Å². The Labute approximate surface area is 103 Å². The van der Waals surface area contributed by atoms with Crippen LogP contribution in [0.4, 0.5) is 5.69 Å². The van der Waals surface area contributed by atoms with Crippen LogP contribution in [0.15, 0.2) is 6.07 Å². The van der Waals surface area contributed by atoms with Gasteiger partial charge in [0.05, 0.1) is 16.9 Å². The van der Waals surface area contributed by atoms with E-state index < -0.39 is 23.2 Å². The van der Waals surface area contributed by atoms with Gasteiger partial charge in [0.15, 0.2) is 5.69 Å². The monoisotopic (exact) mass is 252 g/mol. The van der Waals surface area contributed by atoms with Crippen LogP contribution in [-0.4, -0.2) is 40.1 Å². The summed E-state index contributed by atoms with van der Waals surface area (Å²) in [5.74, 6) is -3.13. The summed E-state index contributed by atoms with van der Waals surface area (Å²) in [7, 11) is 1.46. The van der Waals surface area contributed by atoms with Crippen molar-refractivity contribution in [1.29, 1.82) is 0 Å². The van der Waals surface area contributed by atoms with Crippen LogP contribution in [0.2, 0.25) is 0 Å². The van der Waals surface area contributed by atoms with Gasteiger partial charge in [0.1, 0.15) is 0 Å². The molecular formula is C11H12N2O5. The highest BCUT2D eigenvalue weighted by Crippen LogP contribution is 2.21. The molecule has 0 spiro atoms. The lowest BCUT2D eigenvalue weighted by molar-refractivity contribution is -0.116. The van der Waals surface area contributed by atoms with E-state index in [1.165, 1.54) is 25.8 Å². The van der Waals surface area contributed by atoms with Crippen LogP contribution >= 0.6 is 0 Å². The van der Waals surface area contributed by atoms with Gasteiger partial charge in [-0.3, -0.25) is 4.79 Å². The molecular weight excluding hydrogens is 240 g/mol.